The van der Waals surface area contributed by atoms with Crippen LogP contribution in [0.25, 0.3) is 10.9 Å². The van der Waals surface area contributed by atoms with Crippen molar-refractivity contribution in [1.82, 2.24) is 9.80 Å². The Bertz CT molecular complexity index is 361. The minimum Gasteiger partial charge on any atom is -0.382 e. The van der Waals surface area contributed by atoms with E-state index >= 15 is 0 Å². The van der Waals surface area contributed by atoms with Gasteiger partial charge in [-0.2, -0.15) is 0 Å². The molecule has 0 aromatic heterocycles. The van der Waals surface area contributed by atoms with E-state index in [2.05, 4.69) is 83.4 Å². The van der Waals surface area contributed by atoms with Crippen molar-refractivity contribution in [2.75, 3.05) is 54.4 Å². The Labute approximate surface area is 204 Å². The van der Waals surface area contributed by atoms with Crippen LogP contribution in [0.4, 0.5) is 0 Å². The van der Waals surface area contributed by atoms with E-state index in [0.29, 0.717) is 0 Å². The van der Waals surface area contributed by atoms with Crippen molar-refractivity contribution in [2.24, 2.45) is 20.7 Å². The summed E-state index contributed by atoms with van der Waals surface area (Å²) in [6.07, 6.45) is 4.52. The van der Waals surface area contributed by atoms with Crippen LogP contribution in [0.3, 0.4) is 0 Å². The van der Waals surface area contributed by atoms with Gasteiger partial charge in [-0.05, 0) is 52.4 Å². The Kier molecular flexibility index (Phi) is 28.9. The number of unbranched alkanes of at least 4 members (excludes halogenated alkanes) is 2. The Balaban J connectivity index is -0.000000176. The monoisotopic (exact) mass is 484 g/mol. The van der Waals surface area contributed by atoms with Gasteiger partial charge in [-0.3, -0.25) is 10.4 Å². The predicted octanol–water partition coefficient (Wildman–Crippen LogP) is 6.76. The zero-order valence-electron chi connectivity index (χ0n) is 22.6. The molecule has 0 aromatic rings. The molecule has 9 heteroatoms. The smallest absolute Gasteiger partial charge is 0.382 e. The van der Waals surface area contributed by atoms with Crippen molar-refractivity contribution < 1.29 is 17.1 Å². The summed E-state index contributed by atoms with van der Waals surface area (Å²) in [5.74, 6) is 0. The average Bonchev–Trinajstić information content (AvgIpc) is 2.59. The van der Waals surface area contributed by atoms with Crippen LogP contribution in [0.5, 0.6) is 0 Å². The molecule has 0 bridgehead atoms. The minimum absolute atomic E-state index is 0. The fourth-order valence-corrected chi connectivity index (χ4v) is 1.28. The summed E-state index contributed by atoms with van der Waals surface area (Å²) in [6, 6.07) is 0. The molecule has 8 nitrogen and oxygen atoms in total. The third kappa shape index (κ3) is 53.0. The SMILES string of the molecule is CCCC[N-]N=NC(C)(C)C.CCCC[N-]N=NC(C)(C)C.CN(C)CCN(C)C.[Fe+4]. The maximum Gasteiger partial charge on any atom is 4.00 e. The van der Waals surface area contributed by atoms with Gasteiger partial charge in [-0.25, -0.2) is 0 Å². The first kappa shape index (κ1) is 37.5. The van der Waals surface area contributed by atoms with E-state index < -0.39 is 0 Å². The fourth-order valence-electron chi connectivity index (χ4n) is 1.28. The molecule has 0 heterocycles. The molecular formula is C22H52FeN8+2. The van der Waals surface area contributed by atoms with Gasteiger partial charge in [0.15, 0.2) is 0 Å². The molecule has 31 heavy (non-hydrogen) atoms. The van der Waals surface area contributed by atoms with Crippen LogP contribution in [0.15, 0.2) is 20.7 Å². The zero-order valence-corrected chi connectivity index (χ0v) is 23.7. The van der Waals surface area contributed by atoms with Crippen LogP contribution in [-0.2, 0) is 17.1 Å². The van der Waals surface area contributed by atoms with E-state index in [1.807, 2.05) is 41.5 Å². The molecule has 0 aliphatic rings. The van der Waals surface area contributed by atoms with Crippen molar-refractivity contribution >= 4 is 0 Å². The van der Waals surface area contributed by atoms with Gasteiger partial charge in [-0.15, -0.1) is 0 Å². The maximum absolute atomic E-state index is 3.99. The van der Waals surface area contributed by atoms with E-state index in [0.717, 1.165) is 51.9 Å². The van der Waals surface area contributed by atoms with E-state index in [9.17, 15) is 0 Å². The van der Waals surface area contributed by atoms with E-state index in [1.165, 1.54) is 0 Å². The topological polar surface area (TPSA) is 84.1 Å². The van der Waals surface area contributed by atoms with Gasteiger partial charge >= 0.3 is 17.1 Å². The normalized spacial score (nSPS) is 11.7. The van der Waals surface area contributed by atoms with Gasteiger partial charge in [0.25, 0.3) is 0 Å². The van der Waals surface area contributed by atoms with Gasteiger partial charge in [0.1, 0.15) is 0 Å². The van der Waals surface area contributed by atoms with Crippen LogP contribution in [-0.4, -0.2) is 75.2 Å². The van der Waals surface area contributed by atoms with Gasteiger partial charge in [0.05, 0.1) is 0 Å². The van der Waals surface area contributed by atoms with Crippen LogP contribution in [0.1, 0.15) is 81.1 Å². The van der Waals surface area contributed by atoms with Crippen LogP contribution < -0.4 is 0 Å². The molecule has 0 aromatic carbocycles. The van der Waals surface area contributed by atoms with Crippen molar-refractivity contribution in [2.45, 2.75) is 92.2 Å². The Morgan fingerprint density at radius 1 is 0.613 bits per heavy atom. The standard InChI is InChI=1S/2C8H18N3.C6H16N2.Fe/c2*1-5-6-7-9-11-10-8(2,3)4;1-7(2)5-6-8(3)4;/h2*5-7H2,1-4H3;5-6H2,1-4H3;/q2*-1;;+4. The molecule has 0 atom stereocenters. The molecular weight excluding hydrogens is 432 g/mol. The maximum atomic E-state index is 3.99. The molecule has 0 aliphatic heterocycles. The van der Waals surface area contributed by atoms with Crippen LogP contribution >= 0.6 is 0 Å². The summed E-state index contributed by atoms with van der Waals surface area (Å²) in [5.41, 5.74) is 7.63. The minimum atomic E-state index is -0.0876. The second kappa shape index (κ2) is 23.9. The second-order valence-electron chi connectivity index (χ2n) is 9.76. The van der Waals surface area contributed by atoms with E-state index in [4.69, 9.17) is 0 Å². The molecule has 0 radical (unpaired) electrons. The Morgan fingerprint density at radius 2 is 0.903 bits per heavy atom. The molecule has 0 rings (SSSR count). The van der Waals surface area contributed by atoms with Crippen molar-refractivity contribution in [1.29, 1.82) is 0 Å². The van der Waals surface area contributed by atoms with Crippen molar-refractivity contribution in [3.63, 3.8) is 0 Å². The first-order valence-electron chi connectivity index (χ1n) is 11.2. The van der Waals surface area contributed by atoms with Crippen LogP contribution in [0, 0.1) is 0 Å². The van der Waals surface area contributed by atoms with Gasteiger partial charge < -0.3 is 30.9 Å². The number of hydrogen-bond acceptors (Lipinski definition) is 6. The molecule has 186 valence electrons. The molecule has 0 amide bonds. The average molecular weight is 485 g/mol. The first-order valence-corrected chi connectivity index (χ1v) is 11.2. The largest absolute Gasteiger partial charge is 4.00 e. The first-order chi connectivity index (χ1) is 13.7. The zero-order chi connectivity index (χ0) is 24.1. The summed E-state index contributed by atoms with van der Waals surface area (Å²) in [5, 5.41) is 15.4. The van der Waals surface area contributed by atoms with Gasteiger partial charge in [0.2, 0.25) is 0 Å². The fraction of sp³-hybridized carbons (Fsp3) is 1.00. The summed E-state index contributed by atoms with van der Waals surface area (Å²) >= 11 is 0. The summed E-state index contributed by atoms with van der Waals surface area (Å²) in [4.78, 5) is 4.36. The van der Waals surface area contributed by atoms with Crippen molar-refractivity contribution in [3.8, 4) is 0 Å². The Hall–Kier alpha value is -0.761. The molecule has 0 N–H and O–H groups in total. The second-order valence-corrected chi connectivity index (χ2v) is 9.76. The van der Waals surface area contributed by atoms with Gasteiger partial charge in [0, 0.05) is 13.1 Å². The summed E-state index contributed by atoms with van der Waals surface area (Å²) in [7, 11) is 8.35. The molecule has 0 fully saturated rings. The molecule has 0 aliphatic carbocycles. The van der Waals surface area contributed by atoms with Crippen molar-refractivity contribution in [3.05, 3.63) is 10.9 Å². The number of nitrogens with zero attached hydrogens (tertiary/aromatic N) is 8. The molecule has 0 spiro atoms. The van der Waals surface area contributed by atoms with Crippen LogP contribution in [0.2, 0.25) is 0 Å². The quantitative estimate of drug-likeness (QED) is 0.140. The third-order valence-corrected chi connectivity index (χ3v) is 3.03. The third-order valence-electron chi connectivity index (χ3n) is 3.03. The van der Waals surface area contributed by atoms with E-state index in [1.54, 1.807) is 0 Å². The summed E-state index contributed by atoms with van der Waals surface area (Å²) in [6.45, 7) is 20.2. The molecule has 0 saturated carbocycles. The summed E-state index contributed by atoms with van der Waals surface area (Å²) < 4.78 is 0. The molecule has 0 saturated heterocycles. The predicted molar refractivity (Wildman–Crippen MR) is 133 cm³/mol. The number of rotatable bonds is 11. The molecule has 0 unspecified atom stereocenters. The number of likely N-dealkylation sites (N-methyl/N-ethyl adjacent to an activating group) is 2. The van der Waals surface area contributed by atoms with E-state index in [-0.39, 0.29) is 28.1 Å². The van der Waals surface area contributed by atoms with Gasteiger partial charge in [-0.1, -0.05) is 81.1 Å². The Morgan fingerprint density at radius 3 is 1.10 bits per heavy atom. The number of hydrogen-bond donors (Lipinski definition) is 0.